The number of halogens is 1. The van der Waals surface area contributed by atoms with Crippen molar-refractivity contribution in [2.45, 2.75) is 12.8 Å². The first-order chi connectivity index (χ1) is 10.9. The molecule has 0 unspecified atom stereocenters. The Hall–Kier alpha value is -1.44. The van der Waals surface area contributed by atoms with Gasteiger partial charge in [-0.25, -0.2) is 0 Å². The molecule has 0 aliphatic carbocycles. The lowest BCUT2D eigenvalue weighted by Gasteiger charge is -2.37. The van der Waals surface area contributed by atoms with E-state index in [9.17, 15) is 0 Å². The highest BCUT2D eigenvalue weighted by atomic mass is 35.5. The summed E-state index contributed by atoms with van der Waals surface area (Å²) in [7, 11) is 0. The van der Waals surface area contributed by atoms with E-state index in [1.165, 1.54) is 32.5 Å². The number of piperazine rings is 1. The molecule has 2 aliphatic rings. The van der Waals surface area contributed by atoms with Crippen molar-refractivity contribution in [3.8, 4) is 0 Å². The number of rotatable bonds is 3. The third-order valence-corrected chi connectivity index (χ3v) is 4.82. The molecule has 2 saturated heterocycles. The number of nitrogens with zero attached hydrogens (tertiary/aromatic N) is 6. The number of aromatic nitrogens is 4. The second-order valence-corrected chi connectivity index (χ2v) is 6.31. The van der Waals surface area contributed by atoms with Gasteiger partial charge < -0.3 is 10.2 Å². The molecule has 0 bridgehead atoms. The first-order valence-corrected chi connectivity index (χ1v) is 8.23. The molecule has 126 valence electrons. The van der Waals surface area contributed by atoms with Crippen LogP contribution >= 0.6 is 12.4 Å². The van der Waals surface area contributed by atoms with Crippen molar-refractivity contribution in [2.24, 2.45) is 5.92 Å². The van der Waals surface area contributed by atoms with Crippen LogP contribution in [0.15, 0.2) is 18.5 Å². The van der Waals surface area contributed by atoms with Crippen LogP contribution in [0.4, 0.5) is 5.82 Å². The zero-order valence-corrected chi connectivity index (χ0v) is 14.1. The van der Waals surface area contributed by atoms with E-state index in [0.29, 0.717) is 0 Å². The number of piperidine rings is 1. The summed E-state index contributed by atoms with van der Waals surface area (Å²) in [4.78, 5) is 4.97. The normalized spacial score (nSPS) is 20.6. The first-order valence-electron chi connectivity index (χ1n) is 8.23. The van der Waals surface area contributed by atoms with Gasteiger partial charge in [-0.1, -0.05) is 0 Å². The molecule has 4 rings (SSSR count). The van der Waals surface area contributed by atoms with E-state index in [0.717, 1.165) is 43.6 Å². The van der Waals surface area contributed by atoms with Crippen LogP contribution < -0.4 is 10.2 Å². The van der Waals surface area contributed by atoms with E-state index >= 15 is 0 Å². The van der Waals surface area contributed by atoms with Gasteiger partial charge in [0.05, 0.1) is 0 Å². The fraction of sp³-hybridized carbons (Fsp3) is 0.667. The van der Waals surface area contributed by atoms with Crippen LogP contribution in [0.1, 0.15) is 12.8 Å². The molecule has 0 saturated carbocycles. The minimum atomic E-state index is 0. The molecule has 7 nitrogen and oxygen atoms in total. The summed E-state index contributed by atoms with van der Waals surface area (Å²) < 4.78 is 1.75. The molecule has 0 atom stereocenters. The van der Waals surface area contributed by atoms with Gasteiger partial charge in [-0.3, -0.25) is 4.90 Å². The molecule has 2 aromatic heterocycles. The summed E-state index contributed by atoms with van der Waals surface area (Å²) in [6.45, 7) is 7.99. The van der Waals surface area contributed by atoms with Crippen LogP contribution in [0.5, 0.6) is 0 Å². The fourth-order valence-electron chi connectivity index (χ4n) is 3.48. The topological polar surface area (TPSA) is 61.6 Å². The highest BCUT2D eigenvalue weighted by Crippen LogP contribution is 2.17. The van der Waals surface area contributed by atoms with E-state index in [1.807, 2.05) is 12.1 Å². The third kappa shape index (κ3) is 3.73. The maximum absolute atomic E-state index is 4.59. The lowest BCUT2D eigenvalue weighted by Crippen LogP contribution is -2.49. The van der Waals surface area contributed by atoms with Gasteiger partial charge in [-0.05, 0) is 44.0 Å². The Kier molecular flexibility index (Phi) is 5.30. The largest absolute Gasteiger partial charge is 0.353 e. The van der Waals surface area contributed by atoms with Crippen molar-refractivity contribution in [1.29, 1.82) is 0 Å². The number of fused-ring (bicyclic) bond motifs is 1. The number of hydrogen-bond donors (Lipinski definition) is 1. The predicted octanol–water partition coefficient (Wildman–Crippen LogP) is 0.668. The minimum Gasteiger partial charge on any atom is -0.353 e. The summed E-state index contributed by atoms with van der Waals surface area (Å²) in [5.41, 5.74) is 0.799. The van der Waals surface area contributed by atoms with Crippen LogP contribution in [0.2, 0.25) is 0 Å². The van der Waals surface area contributed by atoms with Crippen LogP contribution in [-0.2, 0) is 0 Å². The molecule has 2 fully saturated rings. The van der Waals surface area contributed by atoms with E-state index in [1.54, 1.807) is 10.8 Å². The molecule has 8 heteroatoms. The summed E-state index contributed by atoms with van der Waals surface area (Å²) in [6.07, 6.45) is 4.31. The summed E-state index contributed by atoms with van der Waals surface area (Å²) in [5, 5.41) is 15.9. The quantitative estimate of drug-likeness (QED) is 0.888. The molecule has 2 aliphatic heterocycles. The van der Waals surface area contributed by atoms with Gasteiger partial charge in [0, 0.05) is 32.7 Å². The van der Waals surface area contributed by atoms with Gasteiger partial charge in [0.15, 0.2) is 5.65 Å². The van der Waals surface area contributed by atoms with Crippen LogP contribution in [0, 0.1) is 5.92 Å². The Morgan fingerprint density at radius 3 is 2.65 bits per heavy atom. The van der Waals surface area contributed by atoms with Gasteiger partial charge in [-0.15, -0.1) is 27.7 Å². The van der Waals surface area contributed by atoms with Crippen LogP contribution in [0.25, 0.3) is 5.65 Å². The second kappa shape index (κ2) is 7.42. The van der Waals surface area contributed by atoms with Crippen molar-refractivity contribution < 1.29 is 0 Å². The molecule has 1 N–H and O–H groups in total. The molecule has 0 amide bonds. The Bertz CT molecular complexity index is 617. The molecular formula is C15H24ClN7. The molecule has 2 aromatic rings. The Morgan fingerprint density at radius 1 is 1.09 bits per heavy atom. The maximum Gasteiger partial charge on any atom is 0.177 e. The Balaban J connectivity index is 0.00000156. The van der Waals surface area contributed by atoms with Crippen LogP contribution in [0.3, 0.4) is 0 Å². The highest BCUT2D eigenvalue weighted by molar-refractivity contribution is 5.85. The average molecular weight is 338 g/mol. The second-order valence-electron chi connectivity index (χ2n) is 6.31. The molecule has 0 aromatic carbocycles. The maximum atomic E-state index is 4.59. The van der Waals surface area contributed by atoms with E-state index < -0.39 is 0 Å². The monoisotopic (exact) mass is 337 g/mol. The fourth-order valence-corrected chi connectivity index (χ4v) is 3.48. The first kappa shape index (κ1) is 16.4. The number of nitrogens with one attached hydrogen (secondary N) is 1. The summed E-state index contributed by atoms with van der Waals surface area (Å²) >= 11 is 0. The smallest absolute Gasteiger partial charge is 0.177 e. The summed E-state index contributed by atoms with van der Waals surface area (Å²) in [6, 6.07) is 4.03. The molecular weight excluding hydrogens is 314 g/mol. The highest BCUT2D eigenvalue weighted by Gasteiger charge is 2.22. The standard InChI is InChI=1S/C15H23N7.ClH/c1-2-15(19-22-12-17-18-14(1)22)21-9-7-20(8-10-21)11-13-3-5-16-6-4-13;/h1-2,12-13,16H,3-11H2;1H. The van der Waals surface area contributed by atoms with Crippen molar-refractivity contribution in [3.63, 3.8) is 0 Å². The van der Waals surface area contributed by atoms with Gasteiger partial charge in [0.1, 0.15) is 12.1 Å². The van der Waals surface area contributed by atoms with E-state index in [2.05, 4.69) is 30.4 Å². The van der Waals surface area contributed by atoms with Gasteiger partial charge in [0.25, 0.3) is 0 Å². The molecule has 0 spiro atoms. The van der Waals surface area contributed by atoms with Crippen LogP contribution in [-0.4, -0.2) is 70.5 Å². The predicted molar refractivity (Wildman–Crippen MR) is 92.3 cm³/mol. The van der Waals surface area contributed by atoms with Crippen molar-refractivity contribution in [1.82, 2.24) is 30.0 Å². The SMILES string of the molecule is Cl.c1cc2nncn2nc1N1CCN(CC2CCNCC2)CC1. The molecule has 23 heavy (non-hydrogen) atoms. The molecule has 4 heterocycles. The van der Waals surface area contributed by atoms with Crippen molar-refractivity contribution >= 4 is 23.9 Å². The van der Waals surface area contributed by atoms with E-state index in [4.69, 9.17) is 0 Å². The van der Waals surface area contributed by atoms with E-state index in [-0.39, 0.29) is 12.4 Å². The molecule has 0 radical (unpaired) electrons. The Labute approximate surface area is 142 Å². The summed E-state index contributed by atoms with van der Waals surface area (Å²) in [5.74, 6) is 1.90. The number of hydrogen-bond acceptors (Lipinski definition) is 6. The lowest BCUT2D eigenvalue weighted by molar-refractivity contribution is 0.196. The Morgan fingerprint density at radius 2 is 1.87 bits per heavy atom. The third-order valence-electron chi connectivity index (χ3n) is 4.82. The zero-order chi connectivity index (χ0) is 14.8. The van der Waals surface area contributed by atoms with Crippen molar-refractivity contribution in [2.75, 3.05) is 50.7 Å². The number of anilines is 1. The van der Waals surface area contributed by atoms with Gasteiger partial charge >= 0.3 is 0 Å². The van der Waals surface area contributed by atoms with Gasteiger partial charge in [0.2, 0.25) is 0 Å². The van der Waals surface area contributed by atoms with Crippen molar-refractivity contribution in [3.05, 3.63) is 18.5 Å². The minimum absolute atomic E-state index is 0. The average Bonchev–Trinajstić information content (AvgIpc) is 3.04. The van der Waals surface area contributed by atoms with Gasteiger partial charge in [-0.2, -0.15) is 4.52 Å². The zero-order valence-electron chi connectivity index (χ0n) is 13.3. The lowest BCUT2D eigenvalue weighted by atomic mass is 9.97.